The first-order chi connectivity index (χ1) is 15.2. The minimum atomic E-state index is -0.368. The second-order valence-corrected chi connectivity index (χ2v) is 7.61. The Balaban J connectivity index is 1.53. The van der Waals surface area contributed by atoms with E-state index < -0.39 is 0 Å². The summed E-state index contributed by atoms with van der Waals surface area (Å²) in [7, 11) is 0. The summed E-state index contributed by atoms with van der Waals surface area (Å²) in [6.45, 7) is 6.42. The van der Waals surface area contributed by atoms with Crippen LogP contribution in [0.25, 0.3) is 11.0 Å². The lowest BCUT2D eigenvalue weighted by atomic mass is 10.1. The molecule has 1 aromatic carbocycles. The van der Waals surface area contributed by atoms with Crippen LogP contribution in [0.4, 0.5) is 0 Å². The van der Waals surface area contributed by atoms with Gasteiger partial charge in [-0.2, -0.15) is 5.10 Å². The summed E-state index contributed by atoms with van der Waals surface area (Å²) in [6, 6.07) is 9.56. The molecule has 2 atom stereocenters. The highest BCUT2D eigenvalue weighted by Crippen LogP contribution is 2.26. The average molecular weight is 424 g/mol. The Bertz CT molecular complexity index is 959. The number of furan rings is 1. The fourth-order valence-corrected chi connectivity index (χ4v) is 3.85. The van der Waals surface area contributed by atoms with Crippen LogP contribution in [0.1, 0.15) is 31.1 Å². The van der Waals surface area contributed by atoms with Crippen molar-refractivity contribution < 1.29 is 9.15 Å². The van der Waals surface area contributed by atoms with Crippen LogP contribution in [-0.4, -0.2) is 52.9 Å². The van der Waals surface area contributed by atoms with Crippen LogP contribution in [0.3, 0.4) is 0 Å². The average Bonchev–Trinajstić information content (AvgIpc) is 3.54. The lowest BCUT2D eigenvalue weighted by Gasteiger charge is -2.28. The maximum absolute atomic E-state index is 6.44. The van der Waals surface area contributed by atoms with E-state index in [1.165, 1.54) is 0 Å². The number of para-hydroxylation sites is 1. The minimum Gasteiger partial charge on any atom is -0.459 e. The highest BCUT2D eigenvalue weighted by Gasteiger charge is 2.28. The Labute approximate surface area is 181 Å². The van der Waals surface area contributed by atoms with Gasteiger partial charge in [-0.25, -0.2) is 10.8 Å². The van der Waals surface area contributed by atoms with Gasteiger partial charge < -0.3 is 19.0 Å². The SMILES string of the molecule is C=N/N=C(/C(NCCCn1ccnc1)c1cc2ccccc2o1)N(N)C[C@@H]1CCCO1. The van der Waals surface area contributed by atoms with E-state index in [1.54, 1.807) is 11.2 Å². The maximum atomic E-state index is 6.44. The number of hydrazine groups is 1. The van der Waals surface area contributed by atoms with E-state index in [0.717, 1.165) is 55.7 Å². The molecule has 9 nitrogen and oxygen atoms in total. The zero-order chi connectivity index (χ0) is 21.5. The van der Waals surface area contributed by atoms with Gasteiger partial charge in [0.2, 0.25) is 0 Å². The number of aromatic nitrogens is 2. The molecule has 0 saturated carbocycles. The van der Waals surface area contributed by atoms with Gasteiger partial charge in [-0.15, -0.1) is 5.10 Å². The van der Waals surface area contributed by atoms with Crippen LogP contribution in [0.5, 0.6) is 0 Å². The number of nitrogens with two attached hydrogens (primary N) is 1. The lowest BCUT2D eigenvalue weighted by molar-refractivity contribution is 0.0903. The predicted octanol–water partition coefficient (Wildman–Crippen LogP) is 2.72. The first kappa shape index (κ1) is 21.2. The highest BCUT2D eigenvalue weighted by atomic mass is 16.5. The number of imidazole rings is 1. The summed E-state index contributed by atoms with van der Waals surface area (Å²) in [5, 5.41) is 14.2. The third-order valence-corrected chi connectivity index (χ3v) is 5.38. The van der Waals surface area contributed by atoms with Crippen LogP contribution in [0.15, 0.2) is 63.7 Å². The van der Waals surface area contributed by atoms with E-state index >= 15 is 0 Å². The van der Waals surface area contributed by atoms with Crippen molar-refractivity contribution in [3.05, 3.63) is 54.8 Å². The van der Waals surface area contributed by atoms with Crippen LogP contribution in [-0.2, 0) is 11.3 Å². The number of rotatable bonds is 10. The van der Waals surface area contributed by atoms with E-state index in [9.17, 15) is 0 Å². The summed E-state index contributed by atoms with van der Waals surface area (Å²) >= 11 is 0. The summed E-state index contributed by atoms with van der Waals surface area (Å²) in [5.41, 5.74) is 0.816. The quantitative estimate of drug-likeness (QED) is 0.171. The summed E-state index contributed by atoms with van der Waals surface area (Å²) in [6.07, 6.45) is 8.56. The molecule has 164 valence electrons. The largest absolute Gasteiger partial charge is 0.459 e. The molecule has 2 aromatic heterocycles. The second-order valence-electron chi connectivity index (χ2n) is 7.61. The third kappa shape index (κ3) is 5.38. The molecule has 1 saturated heterocycles. The molecule has 1 fully saturated rings. The van der Waals surface area contributed by atoms with Gasteiger partial charge in [-0.1, -0.05) is 18.2 Å². The fourth-order valence-electron chi connectivity index (χ4n) is 3.85. The number of hydrogen-bond acceptors (Lipinski definition) is 7. The molecule has 0 amide bonds. The molecule has 31 heavy (non-hydrogen) atoms. The number of aryl methyl sites for hydroxylation is 1. The molecule has 3 N–H and O–H groups in total. The van der Waals surface area contributed by atoms with Gasteiger partial charge in [0.1, 0.15) is 17.4 Å². The standard InChI is InChI=1S/C22H29N7O2/c1-24-27-22(29(23)15-18-7-4-13-30-18)21(26-9-5-11-28-12-10-25-16-28)20-14-17-6-2-3-8-19(17)31-20/h2-3,6,8,10,12,14,16,18,21,26H,1,4-5,7,9,11,13,15,23H2/b27-22-/t18-,21?/m0/s1. The molecular formula is C22H29N7O2. The van der Waals surface area contributed by atoms with Crippen molar-refractivity contribution in [2.24, 2.45) is 16.0 Å². The summed E-state index contributed by atoms with van der Waals surface area (Å²) in [4.78, 5) is 4.09. The molecule has 0 radical (unpaired) electrons. The van der Waals surface area contributed by atoms with E-state index in [4.69, 9.17) is 15.0 Å². The van der Waals surface area contributed by atoms with Crippen LogP contribution >= 0.6 is 0 Å². The normalized spacial score (nSPS) is 17.8. The van der Waals surface area contributed by atoms with Crippen LogP contribution < -0.4 is 11.2 Å². The summed E-state index contributed by atoms with van der Waals surface area (Å²) in [5.74, 6) is 7.72. The van der Waals surface area contributed by atoms with Crippen molar-refractivity contribution in [1.29, 1.82) is 0 Å². The molecule has 3 heterocycles. The second kappa shape index (κ2) is 10.3. The van der Waals surface area contributed by atoms with Gasteiger partial charge in [0.05, 0.1) is 19.0 Å². The highest BCUT2D eigenvalue weighted by molar-refractivity contribution is 5.89. The number of ether oxygens (including phenoxy) is 1. The van der Waals surface area contributed by atoms with Gasteiger partial charge in [0.25, 0.3) is 0 Å². The topological polar surface area (TPSA) is 106 Å². The number of benzene rings is 1. The van der Waals surface area contributed by atoms with Crippen LogP contribution in [0, 0.1) is 0 Å². The van der Waals surface area contributed by atoms with E-state index in [0.29, 0.717) is 12.4 Å². The van der Waals surface area contributed by atoms with Crippen molar-refractivity contribution in [3.8, 4) is 0 Å². The third-order valence-electron chi connectivity index (χ3n) is 5.38. The first-order valence-electron chi connectivity index (χ1n) is 10.6. The molecule has 1 aliphatic heterocycles. The van der Waals surface area contributed by atoms with Crippen molar-refractivity contribution in [2.75, 3.05) is 19.7 Å². The Morgan fingerprint density at radius 2 is 2.32 bits per heavy atom. The van der Waals surface area contributed by atoms with Crippen molar-refractivity contribution in [1.82, 2.24) is 19.9 Å². The molecular weight excluding hydrogens is 394 g/mol. The minimum absolute atomic E-state index is 0.0811. The number of hydrogen-bond donors (Lipinski definition) is 2. The smallest absolute Gasteiger partial charge is 0.166 e. The van der Waals surface area contributed by atoms with Crippen molar-refractivity contribution in [2.45, 2.75) is 38.0 Å². The van der Waals surface area contributed by atoms with E-state index in [1.807, 2.05) is 47.4 Å². The Morgan fingerprint density at radius 1 is 1.42 bits per heavy atom. The van der Waals surface area contributed by atoms with Gasteiger partial charge in [0, 0.05) is 37.6 Å². The molecule has 9 heteroatoms. The van der Waals surface area contributed by atoms with E-state index in [-0.39, 0.29) is 12.1 Å². The predicted molar refractivity (Wildman–Crippen MR) is 121 cm³/mol. The molecule has 0 bridgehead atoms. The zero-order valence-corrected chi connectivity index (χ0v) is 17.6. The Morgan fingerprint density at radius 3 is 3.06 bits per heavy atom. The molecule has 1 unspecified atom stereocenters. The van der Waals surface area contributed by atoms with Crippen molar-refractivity contribution in [3.63, 3.8) is 0 Å². The molecule has 0 aliphatic carbocycles. The number of nitrogens with one attached hydrogen (secondary N) is 1. The molecule has 3 aromatic rings. The van der Waals surface area contributed by atoms with E-state index in [2.05, 4.69) is 27.2 Å². The van der Waals surface area contributed by atoms with Crippen molar-refractivity contribution >= 4 is 23.5 Å². The monoisotopic (exact) mass is 423 g/mol. The Hall–Kier alpha value is -3.01. The van der Waals surface area contributed by atoms with Gasteiger partial charge in [0.15, 0.2) is 5.84 Å². The lowest BCUT2D eigenvalue weighted by Crippen LogP contribution is -2.48. The zero-order valence-electron chi connectivity index (χ0n) is 17.6. The first-order valence-corrected chi connectivity index (χ1v) is 10.6. The number of nitrogens with zero attached hydrogens (tertiary/aromatic N) is 5. The molecule has 0 spiro atoms. The molecule has 4 rings (SSSR count). The number of amidine groups is 1. The van der Waals surface area contributed by atoms with Gasteiger partial charge in [-0.05, 0) is 37.9 Å². The van der Waals surface area contributed by atoms with Crippen LogP contribution in [0.2, 0.25) is 0 Å². The molecule has 1 aliphatic rings. The summed E-state index contributed by atoms with van der Waals surface area (Å²) < 4.78 is 13.9. The van der Waals surface area contributed by atoms with Gasteiger partial charge >= 0.3 is 0 Å². The number of fused-ring (bicyclic) bond motifs is 1. The maximum Gasteiger partial charge on any atom is 0.166 e. The van der Waals surface area contributed by atoms with Gasteiger partial charge in [-0.3, -0.25) is 5.01 Å². The Kier molecular flexibility index (Phi) is 7.08. The fraction of sp³-hybridized carbons (Fsp3) is 0.409.